The predicted molar refractivity (Wildman–Crippen MR) is 72.3 cm³/mol. The van der Waals surface area contributed by atoms with Crippen molar-refractivity contribution in [3.05, 3.63) is 32.7 Å². The highest BCUT2D eigenvalue weighted by molar-refractivity contribution is 9.11. The molecule has 1 aliphatic heterocycles. The molecule has 0 amide bonds. The fraction of sp³-hybridized carbons (Fsp3) is 0.455. The number of benzene rings is 1. The predicted octanol–water partition coefficient (Wildman–Crippen LogP) is 3.92. The van der Waals surface area contributed by atoms with E-state index in [2.05, 4.69) is 38.8 Å². The molecule has 1 aliphatic rings. The number of thioether (sulfide) groups is 1. The van der Waals surface area contributed by atoms with Gasteiger partial charge in [-0.1, -0.05) is 38.8 Å². The minimum absolute atomic E-state index is 0.263. The molecule has 0 spiro atoms. The Morgan fingerprint density at radius 2 is 1.93 bits per heavy atom. The zero-order valence-electron chi connectivity index (χ0n) is 8.34. The van der Waals surface area contributed by atoms with E-state index in [1.165, 1.54) is 0 Å². The van der Waals surface area contributed by atoms with Crippen LogP contribution >= 0.6 is 43.6 Å². The number of rotatable bonds is 1. The lowest BCUT2D eigenvalue weighted by Gasteiger charge is -2.27. The molecule has 2 rings (SSSR count). The van der Waals surface area contributed by atoms with Gasteiger partial charge in [0.15, 0.2) is 0 Å². The van der Waals surface area contributed by atoms with Gasteiger partial charge in [0.2, 0.25) is 0 Å². The maximum Gasteiger partial charge on any atom is 0.102 e. The summed E-state index contributed by atoms with van der Waals surface area (Å²) in [5.74, 6) is 1.03. The number of halogens is 2. The Morgan fingerprint density at radius 1 is 1.33 bits per heavy atom. The third-order valence-electron chi connectivity index (χ3n) is 2.89. The average molecular weight is 352 g/mol. The van der Waals surface area contributed by atoms with Crippen molar-refractivity contribution in [1.29, 1.82) is 0 Å². The van der Waals surface area contributed by atoms with Gasteiger partial charge in [-0.3, -0.25) is 0 Å². The van der Waals surface area contributed by atoms with Crippen molar-refractivity contribution in [1.82, 2.24) is 0 Å². The van der Waals surface area contributed by atoms with E-state index in [4.69, 9.17) is 0 Å². The summed E-state index contributed by atoms with van der Waals surface area (Å²) in [5.41, 5.74) is 0.331. The molecule has 1 aromatic carbocycles. The van der Waals surface area contributed by atoms with Crippen LogP contribution < -0.4 is 0 Å². The second-order valence-corrected chi connectivity index (χ2v) is 7.13. The van der Waals surface area contributed by atoms with Crippen LogP contribution in [0.1, 0.15) is 18.9 Å². The maximum absolute atomic E-state index is 10.6. The van der Waals surface area contributed by atoms with Crippen LogP contribution in [0.15, 0.2) is 27.1 Å². The topological polar surface area (TPSA) is 20.2 Å². The van der Waals surface area contributed by atoms with Crippen molar-refractivity contribution in [2.24, 2.45) is 0 Å². The van der Waals surface area contributed by atoms with E-state index < -0.39 is 5.60 Å². The van der Waals surface area contributed by atoms with Crippen LogP contribution in [-0.4, -0.2) is 16.1 Å². The Bertz CT molecular complexity index is 363. The van der Waals surface area contributed by atoms with Crippen molar-refractivity contribution in [3.63, 3.8) is 0 Å². The molecule has 0 radical (unpaired) electrons. The van der Waals surface area contributed by atoms with Crippen molar-refractivity contribution in [3.8, 4) is 0 Å². The molecule has 1 fully saturated rings. The number of hydrogen-bond acceptors (Lipinski definition) is 2. The summed E-state index contributed by atoms with van der Waals surface area (Å²) in [6.07, 6.45) is 0.835. The zero-order valence-corrected chi connectivity index (χ0v) is 12.3. The van der Waals surface area contributed by atoms with Gasteiger partial charge < -0.3 is 5.11 Å². The van der Waals surface area contributed by atoms with E-state index in [1.54, 1.807) is 0 Å². The van der Waals surface area contributed by atoms with Crippen LogP contribution in [0.25, 0.3) is 0 Å². The summed E-state index contributed by atoms with van der Waals surface area (Å²) in [7, 11) is 0. The summed E-state index contributed by atoms with van der Waals surface area (Å²) in [5, 5.41) is 10.9. The summed E-state index contributed by atoms with van der Waals surface area (Å²) < 4.78 is 2.01. The first kappa shape index (κ1) is 12.0. The Labute approximate surface area is 111 Å². The third-order valence-corrected chi connectivity index (χ3v) is 5.13. The van der Waals surface area contributed by atoms with Gasteiger partial charge in [0, 0.05) is 14.2 Å². The first-order chi connectivity index (χ1) is 7.02. The van der Waals surface area contributed by atoms with Crippen molar-refractivity contribution < 1.29 is 5.11 Å². The van der Waals surface area contributed by atoms with E-state index in [0.717, 1.165) is 26.7 Å². The molecule has 1 aromatic rings. The molecular formula is C11H12Br2OS. The molecule has 82 valence electrons. The molecule has 1 saturated heterocycles. The van der Waals surface area contributed by atoms with Gasteiger partial charge in [0.05, 0.1) is 0 Å². The highest BCUT2D eigenvalue weighted by Gasteiger charge is 2.40. The fourth-order valence-corrected chi connectivity index (χ4v) is 4.52. The smallest absolute Gasteiger partial charge is 0.102 e. The van der Waals surface area contributed by atoms with E-state index in [1.807, 2.05) is 30.0 Å². The number of hydrogen-bond donors (Lipinski definition) is 1. The van der Waals surface area contributed by atoms with Gasteiger partial charge in [-0.05, 0) is 35.9 Å². The van der Waals surface area contributed by atoms with Gasteiger partial charge in [-0.25, -0.2) is 0 Å². The summed E-state index contributed by atoms with van der Waals surface area (Å²) in [6, 6.07) is 6.00. The molecule has 0 unspecified atom stereocenters. The number of aliphatic hydroxyl groups is 1. The second kappa shape index (κ2) is 4.40. The van der Waals surface area contributed by atoms with Gasteiger partial charge in [-0.2, -0.15) is 11.8 Å². The first-order valence-electron chi connectivity index (χ1n) is 4.83. The Morgan fingerprint density at radius 3 is 2.40 bits per heavy atom. The molecular weight excluding hydrogens is 340 g/mol. The second-order valence-electron chi connectivity index (χ2n) is 3.85. The molecule has 0 bridgehead atoms. The van der Waals surface area contributed by atoms with Gasteiger partial charge in [0.1, 0.15) is 5.60 Å². The highest BCUT2D eigenvalue weighted by atomic mass is 79.9. The summed E-state index contributed by atoms with van der Waals surface area (Å²) in [4.78, 5) is 0. The zero-order chi connectivity index (χ0) is 11.1. The van der Waals surface area contributed by atoms with Gasteiger partial charge in [0.25, 0.3) is 0 Å². The average Bonchev–Trinajstić information content (AvgIpc) is 2.47. The van der Waals surface area contributed by atoms with Crippen molar-refractivity contribution >= 4 is 43.6 Å². The van der Waals surface area contributed by atoms with Crippen LogP contribution in [0.3, 0.4) is 0 Å². The quantitative estimate of drug-likeness (QED) is 0.827. The first-order valence-corrected chi connectivity index (χ1v) is 7.46. The minimum Gasteiger partial charge on any atom is -0.384 e. The fourth-order valence-electron chi connectivity index (χ4n) is 1.92. The Balaban J connectivity index is 2.44. The van der Waals surface area contributed by atoms with Crippen LogP contribution in [0.4, 0.5) is 0 Å². The molecule has 0 saturated carbocycles. The summed E-state index contributed by atoms with van der Waals surface area (Å²) in [6.45, 7) is 2.09. The molecule has 4 heteroatoms. The molecule has 2 atom stereocenters. The van der Waals surface area contributed by atoms with E-state index in [9.17, 15) is 5.11 Å². The van der Waals surface area contributed by atoms with Crippen LogP contribution in [0, 0.1) is 0 Å². The van der Waals surface area contributed by atoms with Gasteiger partial charge in [-0.15, -0.1) is 0 Å². The van der Waals surface area contributed by atoms with E-state index in [-0.39, 0.29) is 5.25 Å². The Kier molecular flexibility index (Phi) is 3.51. The van der Waals surface area contributed by atoms with Crippen molar-refractivity contribution in [2.45, 2.75) is 24.2 Å². The standard InChI is InChI=1S/C11H12Br2OS/c1-7-11(14,2-3-15-7)8-4-9(12)6-10(13)5-8/h4-7,14H,2-3H2,1H3/t7-,11+/m0/s1. The lowest BCUT2D eigenvalue weighted by atomic mass is 9.89. The Hall–Kier alpha value is 0.490. The lowest BCUT2D eigenvalue weighted by molar-refractivity contribution is 0.0426. The molecule has 15 heavy (non-hydrogen) atoms. The molecule has 0 aromatic heterocycles. The SMILES string of the molecule is C[C@@H]1SCC[C@]1(O)c1cc(Br)cc(Br)c1. The molecule has 1 nitrogen and oxygen atoms in total. The normalized spacial score (nSPS) is 30.8. The van der Waals surface area contributed by atoms with Crippen LogP contribution in [-0.2, 0) is 5.60 Å². The van der Waals surface area contributed by atoms with Gasteiger partial charge >= 0.3 is 0 Å². The summed E-state index contributed by atoms with van der Waals surface area (Å²) >= 11 is 8.74. The molecule has 0 aliphatic carbocycles. The van der Waals surface area contributed by atoms with Crippen LogP contribution in [0.2, 0.25) is 0 Å². The largest absolute Gasteiger partial charge is 0.384 e. The van der Waals surface area contributed by atoms with Crippen molar-refractivity contribution in [2.75, 3.05) is 5.75 Å². The lowest BCUT2D eigenvalue weighted by Crippen LogP contribution is -2.31. The third kappa shape index (κ3) is 2.28. The maximum atomic E-state index is 10.6. The monoisotopic (exact) mass is 350 g/mol. The highest BCUT2D eigenvalue weighted by Crippen LogP contribution is 2.44. The van der Waals surface area contributed by atoms with Crippen LogP contribution in [0.5, 0.6) is 0 Å². The van der Waals surface area contributed by atoms with E-state index >= 15 is 0 Å². The molecule has 1 heterocycles. The molecule has 1 N–H and O–H groups in total. The minimum atomic E-state index is -0.670. The van der Waals surface area contributed by atoms with E-state index in [0.29, 0.717) is 0 Å².